The van der Waals surface area contributed by atoms with Crippen molar-refractivity contribution in [2.24, 2.45) is 0 Å². The van der Waals surface area contributed by atoms with Crippen LogP contribution in [0.15, 0.2) is 30.3 Å². The zero-order valence-electron chi connectivity index (χ0n) is 15.4. The SMILES string of the molecule is CCOC(=O)[C@H]1CC[C@H](NC(=O)OCc2ccccc2)CN1.O=C(O)C(=O)O. The predicted octanol–water partition coefficient (Wildman–Crippen LogP) is 0.752. The molecule has 0 bridgehead atoms. The number of esters is 1. The average Bonchev–Trinajstić information content (AvgIpc) is 2.68. The fourth-order valence-electron chi connectivity index (χ4n) is 2.36. The third-order valence-corrected chi connectivity index (χ3v) is 3.70. The largest absolute Gasteiger partial charge is 0.473 e. The van der Waals surface area contributed by atoms with E-state index in [4.69, 9.17) is 29.3 Å². The van der Waals surface area contributed by atoms with Crippen LogP contribution in [-0.2, 0) is 30.5 Å². The monoisotopic (exact) mass is 396 g/mol. The Morgan fingerprint density at radius 2 is 1.71 bits per heavy atom. The van der Waals surface area contributed by atoms with Crippen molar-refractivity contribution in [2.75, 3.05) is 13.2 Å². The van der Waals surface area contributed by atoms with Gasteiger partial charge >= 0.3 is 24.0 Å². The minimum atomic E-state index is -1.82. The number of ether oxygens (including phenoxy) is 2. The van der Waals surface area contributed by atoms with Crippen LogP contribution in [0.3, 0.4) is 0 Å². The number of benzene rings is 1. The lowest BCUT2D eigenvalue weighted by atomic mass is 10.0. The third kappa shape index (κ3) is 8.99. The Kier molecular flexibility index (Phi) is 10.0. The summed E-state index contributed by atoms with van der Waals surface area (Å²) < 4.78 is 10.1. The topological polar surface area (TPSA) is 151 Å². The molecule has 1 aromatic rings. The molecule has 0 aliphatic carbocycles. The number of hydrogen-bond donors (Lipinski definition) is 4. The molecule has 1 aliphatic heterocycles. The van der Waals surface area contributed by atoms with E-state index >= 15 is 0 Å². The van der Waals surface area contributed by atoms with Gasteiger partial charge in [0.25, 0.3) is 0 Å². The van der Waals surface area contributed by atoms with Crippen LogP contribution in [-0.4, -0.2) is 59.4 Å². The van der Waals surface area contributed by atoms with Crippen molar-refractivity contribution in [3.63, 3.8) is 0 Å². The molecule has 1 amide bonds. The van der Waals surface area contributed by atoms with Gasteiger partial charge < -0.3 is 30.3 Å². The molecule has 0 unspecified atom stereocenters. The molecule has 4 N–H and O–H groups in total. The number of rotatable bonds is 5. The Labute approximate surface area is 161 Å². The van der Waals surface area contributed by atoms with Crippen LogP contribution in [0, 0.1) is 0 Å². The number of carbonyl (C=O) groups is 4. The second kappa shape index (κ2) is 12.3. The molecule has 2 atom stereocenters. The van der Waals surface area contributed by atoms with E-state index in [2.05, 4.69) is 10.6 Å². The molecule has 2 rings (SSSR count). The van der Waals surface area contributed by atoms with Crippen molar-refractivity contribution in [3.05, 3.63) is 35.9 Å². The van der Waals surface area contributed by atoms with Gasteiger partial charge in [0.15, 0.2) is 0 Å². The quantitative estimate of drug-likeness (QED) is 0.417. The van der Waals surface area contributed by atoms with Crippen molar-refractivity contribution in [1.29, 1.82) is 0 Å². The van der Waals surface area contributed by atoms with Crippen LogP contribution in [0.1, 0.15) is 25.3 Å². The van der Waals surface area contributed by atoms with Gasteiger partial charge in [-0.3, -0.25) is 4.79 Å². The summed E-state index contributed by atoms with van der Waals surface area (Å²) in [6, 6.07) is 9.21. The van der Waals surface area contributed by atoms with Crippen LogP contribution < -0.4 is 10.6 Å². The molecule has 1 saturated heterocycles. The van der Waals surface area contributed by atoms with Gasteiger partial charge in [0, 0.05) is 12.6 Å². The van der Waals surface area contributed by atoms with Gasteiger partial charge in [0.05, 0.1) is 6.61 Å². The van der Waals surface area contributed by atoms with Crippen molar-refractivity contribution in [2.45, 2.75) is 38.5 Å². The Morgan fingerprint density at radius 1 is 1.07 bits per heavy atom. The molecule has 1 aromatic carbocycles. The smallest absolute Gasteiger partial charge is 0.414 e. The van der Waals surface area contributed by atoms with E-state index in [9.17, 15) is 9.59 Å². The summed E-state index contributed by atoms with van der Waals surface area (Å²) in [6.07, 6.45) is 0.921. The van der Waals surface area contributed by atoms with Crippen LogP contribution in [0.4, 0.5) is 4.79 Å². The molecule has 0 saturated carbocycles. The number of nitrogens with one attached hydrogen (secondary N) is 2. The number of carboxylic acids is 2. The predicted molar refractivity (Wildman–Crippen MR) is 96.5 cm³/mol. The Balaban J connectivity index is 0.000000568. The van der Waals surface area contributed by atoms with E-state index in [1.165, 1.54) is 0 Å². The molecule has 28 heavy (non-hydrogen) atoms. The summed E-state index contributed by atoms with van der Waals surface area (Å²) in [4.78, 5) is 41.5. The van der Waals surface area contributed by atoms with E-state index in [1.54, 1.807) is 6.92 Å². The highest BCUT2D eigenvalue weighted by atomic mass is 16.5. The van der Waals surface area contributed by atoms with Gasteiger partial charge in [-0.15, -0.1) is 0 Å². The van der Waals surface area contributed by atoms with Crippen molar-refractivity contribution in [1.82, 2.24) is 10.6 Å². The first kappa shape index (κ1) is 22.9. The first-order chi connectivity index (χ1) is 13.3. The average molecular weight is 396 g/mol. The lowest BCUT2D eigenvalue weighted by Crippen LogP contribution is -2.52. The molecular formula is C18H24N2O8. The van der Waals surface area contributed by atoms with Crippen molar-refractivity contribution in [3.8, 4) is 0 Å². The maximum absolute atomic E-state index is 11.7. The zero-order chi connectivity index (χ0) is 20.9. The number of amides is 1. The molecule has 10 nitrogen and oxygen atoms in total. The molecular weight excluding hydrogens is 372 g/mol. The van der Waals surface area contributed by atoms with Gasteiger partial charge in [-0.05, 0) is 25.3 Å². The van der Waals surface area contributed by atoms with Gasteiger partial charge in [0.2, 0.25) is 0 Å². The number of carbonyl (C=O) groups excluding carboxylic acids is 2. The standard InChI is InChI=1S/C16H22N2O4.C2H2O4/c1-2-21-15(19)14-9-8-13(10-17-14)18-16(20)22-11-12-6-4-3-5-7-12;3-1(4)2(5)6/h3-7,13-14,17H,2,8-11H2,1H3,(H,18,20);(H,3,4)(H,5,6)/t13-,14+;/m0./s1. The number of hydrogen-bond acceptors (Lipinski definition) is 7. The van der Waals surface area contributed by atoms with E-state index in [-0.39, 0.29) is 24.7 Å². The number of aliphatic carboxylic acids is 2. The number of alkyl carbamates (subject to hydrolysis) is 1. The molecule has 154 valence electrons. The lowest BCUT2D eigenvalue weighted by Gasteiger charge is -2.28. The van der Waals surface area contributed by atoms with Crippen molar-refractivity contribution >= 4 is 24.0 Å². The molecule has 0 spiro atoms. The minimum Gasteiger partial charge on any atom is -0.473 e. The summed E-state index contributed by atoms with van der Waals surface area (Å²) >= 11 is 0. The minimum absolute atomic E-state index is 0.0334. The van der Waals surface area contributed by atoms with E-state index in [0.29, 0.717) is 19.6 Å². The molecule has 1 aliphatic rings. The molecule has 0 radical (unpaired) electrons. The van der Waals surface area contributed by atoms with E-state index < -0.39 is 18.0 Å². The van der Waals surface area contributed by atoms with Crippen LogP contribution in [0.5, 0.6) is 0 Å². The summed E-state index contributed by atoms with van der Waals surface area (Å²) in [5, 5.41) is 20.7. The molecule has 0 aromatic heterocycles. The Morgan fingerprint density at radius 3 is 2.21 bits per heavy atom. The fraction of sp³-hybridized carbons (Fsp3) is 0.444. The summed E-state index contributed by atoms with van der Waals surface area (Å²) in [5.41, 5.74) is 0.946. The van der Waals surface area contributed by atoms with Crippen LogP contribution in [0.2, 0.25) is 0 Å². The van der Waals surface area contributed by atoms with E-state index in [1.807, 2.05) is 30.3 Å². The lowest BCUT2D eigenvalue weighted by molar-refractivity contribution is -0.159. The van der Waals surface area contributed by atoms with Gasteiger partial charge in [-0.25, -0.2) is 14.4 Å². The van der Waals surface area contributed by atoms with Crippen molar-refractivity contribution < 1.29 is 38.9 Å². The molecule has 1 heterocycles. The summed E-state index contributed by atoms with van der Waals surface area (Å²) in [6.45, 7) is 2.94. The number of piperidine rings is 1. The van der Waals surface area contributed by atoms with Gasteiger partial charge in [-0.2, -0.15) is 0 Å². The fourth-order valence-corrected chi connectivity index (χ4v) is 2.36. The maximum atomic E-state index is 11.7. The van der Waals surface area contributed by atoms with Crippen LogP contribution >= 0.6 is 0 Å². The van der Waals surface area contributed by atoms with E-state index in [0.717, 1.165) is 12.0 Å². The second-order valence-electron chi connectivity index (χ2n) is 5.80. The number of carboxylic acid groups (broad SMARTS) is 2. The Bertz CT molecular complexity index is 645. The van der Waals surface area contributed by atoms with Gasteiger partial charge in [-0.1, -0.05) is 30.3 Å². The Hall–Kier alpha value is -3.14. The summed E-state index contributed by atoms with van der Waals surface area (Å²) in [5.74, 6) is -3.88. The first-order valence-corrected chi connectivity index (χ1v) is 8.66. The third-order valence-electron chi connectivity index (χ3n) is 3.70. The second-order valence-corrected chi connectivity index (χ2v) is 5.80. The normalized spacial score (nSPS) is 18.0. The maximum Gasteiger partial charge on any atom is 0.414 e. The highest BCUT2D eigenvalue weighted by Crippen LogP contribution is 2.10. The highest BCUT2D eigenvalue weighted by molar-refractivity contribution is 6.27. The summed E-state index contributed by atoms with van der Waals surface area (Å²) in [7, 11) is 0. The molecule has 10 heteroatoms. The zero-order valence-corrected chi connectivity index (χ0v) is 15.4. The van der Waals surface area contributed by atoms with Crippen LogP contribution in [0.25, 0.3) is 0 Å². The molecule has 1 fully saturated rings. The first-order valence-electron chi connectivity index (χ1n) is 8.66. The highest BCUT2D eigenvalue weighted by Gasteiger charge is 2.27. The van der Waals surface area contributed by atoms with Gasteiger partial charge in [0.1, 0.15) is 12.6 Å².